The van der Waals surface area contributed by atoms with E-state index in [1.807, 2.05) is 0 Å². The number of nitrogens with zero attached hydrogens (tertiary/aromatic N) is 3. The molecular formula is C17H17ClFN3O2. The normalized spacial score (nSPS) is 17.8. The summed E-state index contributed by atoms with van der Waals surface area (Å²) in [5.41, 5.74) is 1.93. The summed E-state index contributed by atoms with van der Waals surface area (Å²) in [5, 5.41) is 14.2. The van der Waals surface area contributed by atoms with Gasteiger partial charge in [-0.3, -0.25) is 4.79 Å². The van der Waals surface area contributed by atoms with E-state index < -0.39 is 6.10 Å². The van der Waals surface area contributed by atoms with Crippen LogP contribution in [0.4, 0.5) is 4.39 Å². The predicted molar refractivity (Wildman–Crippen MR) is 89.5 cm³/mol. The zero-order valence-corrected chi connectivity index (χ0v) is 13.9. The molecule has 126 valence electrons. The van der Waals surface area contributed by atoms with Crippen molar-refractivity contribution in [2.24, 2.45) is 0 Å². The number of benzene rings is 1. The van der Waals surface area contributed by atoms with E-state index in [4.69, 9.17) is 11.6 Å². The third-order valence-corrected chi connectivity index (χ3v) is 4.35. The summed E-state index contributed by atoms with van der Waals surface area (Å²) >= 11 is 6.36. The van der Waals surface area contributed by atoms with Crippen LogP contribution < -0.4 is 0 Å². The summed E-state index contributed by atoms with van der Waals surface area (Å²) in [4.78, 5) is 13.7. The van der Waals surface area contributed by atoms with Crippen LogP contribution in [0.1, 0.15) is 17.7 Å². The minimum absolute atomic E-state index is 0.170. The topological polar surface area (TPSA) is 58.4 Å². The Bertz CT molecular complexity index is 786. The Hall–Kier alpha value is -2.18. The maximum Gasteiger partial charge on any atom is 0.246 e. The lowest BCUT2D eigenvalue weighted by molar-refractivity contribution is -0.125. The maximum absolute atomic E-state index is 13.0. The van der Waals surface area contributed by atoms with Gasteiger partial charge >= 0.3 is 0 Å². The smallest absolute Gasteiger partial charge is 0.246 e. The molecule has 0 unspecified atom stereocenters. The first-order valence-corrected chi connectivity index (χ1v) is 7.99. The van der Waals surface area contributed by atoms with Crippen molar-refractivity contribution in [2.45, 2.75) is 19.4 Å². The van der Waals surface area contributed by atoms with E-state index in [-0.39, 0.29) is 11.7 Å². The first-order valence-electron chi connectivity index (χ1n) is 7.62. The summed E-state index contributed by atoms with van der Waals surface area (Å²) < 4.78 is 14.5. The molecule has 1 amide bonds. The molecule has 5 nitrogen and oxygen atoms in total. The van der Waals surface area contributed by atoms with Gasteiger partial charge in [0.2, 0.25) is 5.91 Å². The molecule has 1 saturated heterocycles. The third kappa shape index (κ3) is 3.34. The van der Waals surface area contributed by atoms with E-state index in [1.54, 1.807) is 30.0 Å². The van der Waals surface area contributed by atoms with E-state index in [1.165, 1.54) is 22.9 Å². The number of likely N-dealkylation sites (tertiary alicyclic amines) is 1. The van der Waals surface area contributed by atoms with Crippen molar-refractivity contribution in [3.8, 4) is 5.69 Å². The van der Waals surface area contributed by atoms with Gasteiger partial charge in [-0.15, -0.1) is 0 Å². The Morgan fingerprint density at radius 1 is 1.42 bits per heavy atom. The number of carbonyl (C=O) groups excluding carboxylic acids is 1. The number of aliphatic hydroxyl groups is 1. The SMILES string of the molecule is Cc1nn(-c2ccc(F)cc2)c(Cl)c1C=CC(=O)N1CC[C@@H](O)C1. The molecule has 1 fully saturated rings. The molecule has 0 radical (unpaired) electrons. The van der Waals surface area contributed by atoms with Gasteiger partial charge in [-0.05, 0) is 43.7 Å². The fourth-order valence-corrected chi connectivity index (χ4v) is 2.99. The second-order valence-electron chi connectivity index (χ2n) is 5.74. The number of aromatic nitrogens is 2. The van der Waals surface area contributed by atoms with Crippen LogP contribution in [0.2, 0.25) is 5.15 Å². The van der Waals surface area contributed by atoms with Crippen molar-refractivity contribution < 1.29 is 14.3 Å². The van der Waals surface area contributed by atoms with Gasteiger partial charge in [0.25, 0.3) is 0 Å². The zero-order valence-electron chi connectivity index (χ0n) is 13.1. The number of halogens is 2. The summed E-state index contributed by atoms with van der Waals surface area (Å²) in [5.74, 6) is -0.506. The standard InChI is InChI=1S/C17H17ClFN3O2/c1-11-15(6-7-16(24)21-9-8-14(23)10-21)17(18)22(20-11)13-4-2-12(19)3-5-13/h2-7,14,23H,8-10H2,1H3/t14-/m1/s1. The van der Waals surface area contributed by atoms with Gasteiger partial charge in [0.15, 0.2) is 0 Å². The molecule has 1 atom stereocenters. The lowest BCUT2D eigenvalue weighted by Gasteiger charge is -2.12. The highest BCUT2D eigenvalue weighted by atomic mass is 35.5. The molecule has 1 aromatic heterocycles. The van der Waals surface area contributed by atoms with Gasteiger partial charge < -0.3 is 10.0 Å². The van der Waals surface area contributed by atoms with Crippen LogP contribution in [-0.2, 0) is 4.79 Å². The molecule has 0 bridgehead atoms. The van der Waals surface area contributed by atoms with Crippen molar-refractivity contribution in [3.05, 3.63) is 52.6 Å². The van der Waals surface area contributed by atoms with Crippen LogP contribution in [0, 0.1) is 12.7 Å². The maximum atomic E-state index is 13.0. The molecule has 1 aliphatic heterocycles. The summed E-state index contributed by atoms with van der Waals surface area (Å²) in [6.07, 6.45) is 3.21. The lowest BCUT2D eigenvalue weighted by Crippen LogP contribution is -2.27. The number of rotatable bonds is 3. The average molecular weight is 350 g/mol. The summed E-state index contributed by atoms with van der Waals surface area (Å²) in [7, 11) is 0. The largest absolute Gasteiger partial charge is 0.391 e. The third-order valence-electron chi connectivity index (χ3n) is 3.99. The summed E-state index contributed by atoms with van der Waals surface area (Å²) in [6.45, 7) is 2.69. The second kappa shape index (κ2) is 6.75. The van der Waals surface area contributed by atoms with Gasteiger partial charge in [-0.25, -0.2) is 9.07 Å². The number of amides is 1. The van der Waals surface area contributed by atoms with E-state index in [0.29, 0.717) is 41.6 Å². The molecule has 1 N–H and O–H groups in total. The Kier molecular flexibility index (Phi) is 4.69. The highest BCUT2D eigenvalue weighted by Gasteiger charge is 2.23. The first-order chi connectivity index (χ1) is 11.5. The highest BCUT2D eigenvalue weighted by Crippen LogP contribution is 2.25. The lowest BCUT2D eigenvalue weighted by atomic mass is 10.2. The molecule has 0 saturated carbocycles. The van der Waals surface area contributed by atoms with E-state index in [9.17, 15) is 14.3 Å². The second-order valence-corrected chi connectivity index (χ2v) is 6.10. The Morgan fingerprint density at radius 3 is 2.75 bits per heavy atom. The predicted octanol–water partition coefficient (Wildman–Crippen LogP) is 2.58. The molecule has 24 heavy (non-hydrogen) atoms. The number of hydrogen-bond acceptors (Lipinski definition) is 3. The summed E-state index contributed by atoms with van der Waals surface area (Å²) in [6, 6.07) is 5.83. The first kappa shape index (κ1) is 16.7. The molecule has 2 aromatic rings. The Morgan fingerprint density at radius 2 is 2.12 bits per heavy atom. The van der Waals surface area contributed by atoms with Gasteiger partial charge in [0.05, 0.1) is 17.5 Å². The van der Waals surface area contributed by atoms with Crippen LogP contribution in [0.25, 0.3) is 11.8 Å². The monoisotopic (exact) mass is 349 g/mol. The molecule has 0 aliphatic carbocycles. The fraction of sp³-hybridized carbons (Fsp3) is 0.294. The molecule has 0 spiro atoms. The molecular weight excluding hydrogens is 333 g/mol. The van der Waals surface area contributed by atoms with E-state index in [0.717, 1.165) is 0 Å². The number of aryl methyl sites for hydroxylation is 1. The van der Waals surface area contributed by atoms with Crippen LogP contribution in [0.5, 0.6) is 0 Å². The van der Waals surface area contributed by atoms with Gasteiger partial charge in [0.1, 0.15) is 11.0 Å². The van der Waals surface area contributed by atoms with Gasteiger partial charge in [-0.2, -0.15) is 5.10 Å². The molecule has 7 heteroatoms. The molecule has 3 rings (SSSR count). The minimum Gasteiger partial charge on any atom is -0.391 e. The van der Waals surface area contributed by atoms with Crippen molar-refractivity contribution in [1.29, 1.82) is 0 Å². The van der Waals surface area contributed by atoms with Gasteiger partial charge in [0, 0.05) is 24.7 Å². The number of β-amino-alcohol motifs (C(OH)–C–C–N with tert-alkyl or cyclic N) is 1. The van der Waals surface area contributed by atoms with Crippen LogP contribution >= 0.6 is 11.6 Å². The number of carbonyl (C=O) groups is 1. The molecule has 1 aliphatic rings. The molecule has 2 heterocycles. The zero-order chi connectivity index (χ0) is 17.3. The van der Waals surface area contributed by atoms with Gasteiger partial charge in [-0.1, -0.05) is 11.6 Å². The Balaban J connectivity index is 1.83. The van der Waals surface area contributed by atoms with Crippen molar-refractivity contribution in [1.82, 2.24) is 14.7 Å². The van der Waals surface area contributed by atoms with Crippen LogP contribution in [-0.4, -0.2) is 44.9 Å². The number of aliphatic hydroxyl groups excluding tert-OH is 1. The Labute approximate surface area is 144 Å². The highest BCUT2D eigenvalue weighted by molar-refractivity contribution is 6.31. The van der Waals surface area contributed by atoms with Crippen molar-refractivity contribution in [3.63, 3.8) is 0 Å². The van der Waals surface area contributed by atoms with Crippen molar-refractivity contribution >= 4 is 23.6 Å². The van der Waals surface area contributed by atoms with E-state index in [2.05, 4.69) is 5.10 Å². The fourth-order valence-electron chi connectivity index (χ4n) is 2.66. The van der Waals surface area contributed by atoms with Crippen LogP contribution in [0.3, 0.4) is 0 Å². The van der Waals surface area contributed by atoms with Crippen molar-refractivity contribution in [2.75, 3.05) is 13.1 Å². The average Bonchev–Trinajstić information content (AvgIpc) is 3.10. The van der Waals surface area contributed by atoms with E-state index >= 15 is 0 Å². The quantitative estimate of drug-likeness (QED) is 0.866. The minimum atomic E-state index is -0.450. The molecule has 1 aromatic carbocycles. The van der Waals surface area contributed by atoms with Crippen LogP contribution in [0.15, 0.2) is 30.3 Å². The number of hydrogen-bond donors (Lipinski definition) is 1.